The fourth-order valence-corrected chi connectivity index (χ4v) is 4.46. The molecule has 0 spiro atoms. The normalized spacial score (nSPS) is 33.2. The van der Waals surface area contributed by atoms with E-state index in [2.05, 4.69) is 0 Å². The van der Waals surface area contributed by atoms with Crippen LogP contribution in [0.5, 0.6) is 0 Å². The van der Waals surface area contributed by atoms with Crippen LogP contribution in [0.3, 0.4) is 0 Å². The molecule has 0 aromatic heterocycles. The number of ketones is 1. The largest absolute Gasteiger partial charge is 0.455 e. The third kappa shape index (κ3) is 10.2. The summed E-state index contributed by atoms with van der Waals surface area (Å²) >= 11 is 0. The van der Waals surface area contributed by atoms with Crippen LogP contribution in [0.4, 0.5) is 13.2 Å². The minimum absolute atomic E-state index is 0.00861. The molecule has 1 aliphatic heterocycles. The third-order valence-electron chi connectivity index (χ3n) is 8.09. The number of hydrogen-bond acceptors (Lipinski definition) is 8. The molecule has 0 aromatic carbocycles. The van der Waals surface area contributed by atoms with Gasteiger partial charge in [-0.15, -0.1) is 0 Å². The topological polar surface area (TPSA) is 139 Å². The van der Waals surface area contributed by atoms with Crippen molar-refractivity contribution in [3.8, 4) is 0 Å². The second kappa shape index (κ2) is 15.3. The predicted molar refractivity (Wildman–Crippen MR) is 149 cm³/mol. The quantitative estimate of drug-likeness (QED) is 0.203. The van der Waals surface area contributed by atoms with Gasteiger partial charge in [0.05, 0.1) is 30.7 Å². The Kier molecular flexibility index (Phi) is 13.8. The number of ether oxygens (including phenoxy) is 2. The van der Waals surface area contributed by atoms with E-state index in [4.69, 9.17) is 15.2 Å². The summed E-state index contributed by atoms with van der Waals surface area (Å²) in [5.41, 5.74) is 2.57. The van der Waals surface area contributed by atoms with Crippen LogP contribution in [-0.4, -0.2) is 70.4 Å². The zero-order valence-corrected chi connectivity index (χ0v) is 25.2. The summed E-state index contributed by atoms with van der Waals surface area (Å²) in [6, 6.07) is 0. The molecule has 1 rings (SSSR count). The number of carbonyl (C=O) groups is 2. The number of alkyl halides is 3. The van der Waals surface area contributed by atoms with Crippen LogP contribution in [-0.2, 0) is 19.1 Å². The van der Waals surface area contributed by atoms with Gasteiger partial charge in [0.25, 0.3) is 0 Å². The van der Waals surface area contributed by atoms with Crippen LogP contribution in [0.15, 0.2) is 35.6 Å². The van der Waals surface area contributed by atoms with Gasteiger partial charge in [0, 0.05) is 30.6 Å². The molecule has 2 unspecified atom stereocenters. The fraction of sp³-hybridized carbons (Fsp3) is 0.733. The summed E-state index contributed by atoms with van der Waals surface area (Å²) in [5, 5.41) is 30.9. The van der Waals surface area contributed by atoms with E-state index in [-0.39, 0.29) is 18.2 Å². The maximum atomic E-state index is 14.1. The molecule has 1 aliphatic rings. The number of hydrogen-bond donors (Lipinski definition) is 4. The Morgan fingerprint density at radius 2 is 1.83 bits per heavy atom. The number of carbonyl (C=O) groups excluding carboxylic acids is 2. The Hall–Kier alpha value is -2.21. The smallest absolute Gasteiger partial charge is 0.417 e. The number of aliphatic hydroxyl groups is 3. The van der Waals surface area contributed by atoms with Crippen molar-refractivity contribution in [2.45, 2.75) is 104 Å². The van der Waals surface area contributed by atoms with E-state index in [9.17, 15) is 38.1 Å². The highest BCUT2D eigenvalue weighted by Gasteiger charge is 2.52. The molecule has 0 fully saturated rings. The molecule has 7 atom stereocenters. The van der Waals surface area contributed by atoms with Gasteiger partial charge in [-0.3, -0.25) is 9.59 Å². The summed E-state index contributed by atoms with van der Waals surface area (Å²) in [4.78, 5) is 26.1. The van der Waals surface area contributed by atoms with E-state index in [1.165, 1.54) is 45.9 Å². The lowest BCUT2D eigenvalue weighted by molar-refractivity contribution is -0.274. The van der Waals surface area contributed by atoms with Gasteiger partial charge in [0.2, 0.25) is 0 Å². The van der Waals surface area contributed by atoms with Crippen molar-refractivity contribution in [3.63, 3.8) is 0 Å². The van der Waals surface area contributed by atoms with Gasteiger partial charge in [-0.2, -0.15) is 13.2 Å². The van der Waals surface area contributed by atoms with Gasteiger partial charge < -0.3 is 30.5 Å². The highest BCUT2D eigenvalue weighted by Crippen LogP contribution is 2.38. The number of aliphatic hydroxyl groups excluding tert-OH is 3. The van der Waals surface area contributed by atoms with E-state index in [1.54, 1.807) is 13.0 Å². The molecule has 0 saturated carbocycles. The molecule has 0 radical (unpaired) electrons. The van der Waals surface area contributed by atoms with Crippen LogP contribution >= 0.6 is 0 Å². The zero-order valence-electron chi connectivity index (χ0n) is 25.2. The SMILES string of the molecule is CCC(CO)C/C=C(N)/C=C(\C)[C@@H]1COC(C)(C(F)(F)F)C/C=C/[C@H](C)[C@H](O)[C@@H](C)C(=O)C(C)(C)[C@@H](O)CC(=O)O1. The number of Topliss-reactive ketones (excluding diaryl/α,β-unsaturated/α-hetero) is 1. The monoisotopic (exact) mass is 591 g/mol. The van der Waals surface area contributed by atoms with Crippen molar-refractivity contribution in [3.05, 3.63) is 35.6 Å². The lowest BCUT2D eigenvalue weighted by Gasteiger charge is -2.35. The molecule has 0 bridgehead atoms. The Labute approximate surface area is 241 Å². The minimum atomic E-state index is -4.79. The molecule has 5 N–H and O–H groups in total. The summed E-state index contributed by atoms with van der Waals surface area (Å²) in [7, 11) is 0. The van der Waals surface area contributed by atoms with Gasteiger partial charge in [-0.1, -0.05) is 59.3 Å². The van der Waals surface area contributed by atoms with Crippen molar-refractivity contribution in [1.82, 2.24) is 0 Å². The first-order valence-corrected chi connectivity index (χ1v) is 14.0. The minimum Gasteiger partial charge on any atom is -0.455 e. The van der Waals surface area contributed by atoms with Crippen LogP contribution < -0.4 is 5.73 Å². The molecule has 236 valence electrons. The Balaban J connectivity index is 3.50. The summed E-state index contributed by atoms with van der Waals surface area (Å²) < 4.78 is 53.3. The van der Waals surface area contributed by atoms with E-state index in [0.29, 0.717) is 12.0 Å². The van der Waals surface area contributed by atoms with Crippen LogP contribution in [0.2, 0.25) is 0 Å². The van der Waals surface area contributed by atoms with Crippen molar-refractivity contribution in [1.29, 1.82) is 0 Å². The van der Waals surface area contributed by atoms with Crippen LogP contribution in [0.25, 0.3) is 0 Å². The van der Waals surface area contributed by atoms with Gasteiger partial charge in [-0.25, -0.2) is 0 Å². The summed E-state index contributed by atoms with van der Waals surface area (Å²) in [6.45, 7) is 9.61. The van der Waals surface area contributed by atoms with E-state index >= 15 is 0 Å². The second-order valence-electron chi connectivity index (χ2n) is 11.9. The maximum Gasteiger partial charge on any atom is 0.417 e. The fourth-order valence-electron chi connectivity index (χ4n) is 4.46. The standard InChI is InChI=1S/C30H48F3NO7/c1-8-21(16-35)11-12-22(34)14-19(3)23-17-40-29(7,30(31,32)33)13-9-10-18(2)26(38)20(4)27(39)28(5,6)24(36)15-25(37)41-23/h9-10,12,14,18,20-21,23-24,26,35-36,38H,8,11,13,15-17,34H2,1-7H3/b10-9+,19-14+,22-12-/t18-,20+,21?,23-,24-,26-,29?/m0/s1. The van der Waals surface area contributed by atoms with Crippen LogP contribution in [0, 0.1) is 23.2 Å². The number of nitrogens with two attached hydrogens (primary N) is 1. The first kappa shape index (κ1) is 36.8. The maximum absolute atomic E-state index is 14.1. The van der Waals surface area contributed by atoms with Crippen LogP contribution in [0.1, 0.15) is 74.1 Å². The molecule has 0 saturated heterocycles. The van der Waals surface area contributed by atoms with Gasteiger partial charge in [0.1, 0.15) is 11.9 Å². The summed E-state index contributed by atoms with van der Waals surface area (Å²) in [5.74, 6) is -3.11. The van der Waals surface area contributed by atoms with Crippen molar-refractivity contribution in [2.24, 2.45) is 28.9 Å². The van der Waals surface area contributed by atoms with Crippen molar-refractivity contribution >= 4 is 11.8 Å². The lowest BCUT2D eigenvalue weighted by Crippen LogP contribution is -2.47. The third-order valence-corrected chi connectivity index (χ3v) is 8.09. The van der Waals surface area contributed by atoms with Gasteiger partial charge >= 0.3 is 12.1 Å². The predicted octanol–water partition coefficient (Wildman–Crippen LogP) is 4.37. The van der Waals surface area contributed by atoms with Crippen molar-refractivity contribution in [2.75, 3.05) is 13.2 Å². The summed E-state index contributed by atoms with van der Waals surface area (Å²) in [6.07, 6.45) is -3.02. The molecule has 8 nitrogen and oxygen atoms in total. The van der Waals surface area contributed by atoms with E-state index in [1.807, 2.05) is 6.92 Å². The van der Waals surface area contributed by atoms with Gasteiger partial charge in [0.15, 0.2) is 5.60 Å². The molecule has 0 amide bonds. The molecular weight excluding hydrogens is 543 g/mol. The molecule has 11 heteroatoms. The molecule has 0 aliphatic carbocycles. The van der Waals surface area contributed by atoms with Crippen molar-refractivity contribution < 1.29 is 47.6 Å². The van der Waals surface area contributed by atoms with E-state index < -0.39 is 78.5 Å². The average Bonchev–Trinajstić information content (AvgIpc) is 2.88. The average molecular weight is 592 g/mol. The molecular formula is C30H48F3NO7. The number of allylic oxidation sites excluding steroid dienone is 2. The molecule has 0 aromatic rings. The highest BCUT2D eigenvalue weighted by molar-refractivity contribution is 5.88. The number of halogens is 3. The first-order valence-electron chi connectivity index (χ1n) is 14.0. The highest BCUT2D eigenvalue weighted by atomic mass is 19.4. The molecule has 1 heterocycles. The zero-order chi connectivity index (χ0) is 31.8. The Morgan fingerprint density at radius 1 is 1.22 bits per heavy atom. The number of cyclic esters (lactones) is 1. The lowest BCUT2D eigenvalue weighted by atomic mass is 9.73. The van der Waals surface area contributed by atoms with E-state index in [0.717, 1.165) is 13.3 Å². The first-order chi connectivity index (χ1) is 18.8. The Morgan fingerprint density at radius 3 is 2.37 bits per heavy atom. The number of esters is 1. The Bertz CT molecular complexity index is 972. The second-order valence-corrected chi connectivity index (χ2v) is 11.9. The van der Waals surface area contributed by atoms with Gasteiger partial charge in [-0.05, 0) is 37.8 Å². The molecule has 41 heavy (non-hydrogen) atoms. The number of rotatable bonds is 6.